The van der Waals surface area contributed by atoms with Gasteiger partial charge in [0.05, 0.1) is 19.1 Å². The van der Waals surface area contributed by atoms with Gasteiger partial charge in [-0.15, -0.1) is 0 Å². The van der Waals surface area contributed by atoms with Gasteiger partial charge in [-0.05, 0) is 12.0 Å². The van der Waals surface area contributed by atoms with E-state index in [1.807, 2.05) is 30.3 Å². The molecule has 0 N–H and O–H groups in total. The summed E-state index contributed by atoms with van der Waals surface area (Å²) < 4.78 is 4.84. The molecule has 1 atom stereocenters. The molecule has 3 heteroatoms. The summed E-state index contributed by atoms with van der Waals surface area (Å²) in [6.45, 7) is 1.16. The van der Waals surface area contributed by atoms with Crippen LogP contribution < -0.4 is 0 Å². The Labute approximate surface area is 88.8 Å². The summed E-state index contributed by atoms with van der Waals surface area (Å²) >= 11 is 0. The van der Waals surface area contributed by atoms with E-state index in [0.717, 1.165) is 12.0 Å². The van der Waals surface area contributed by atoms with E-state index in [1.165, 1.54) is 0 Å². The monoisotopic (exact) mass is 203 g/mol. The molecule has 1 saturated heterocycles. The molecule has 1 aromatic rings. The van der Waals surface area contributed by atoms with E-state index in [0.29, 0.717) is 13.2 Å². The van der Waals surface area contributed by atoms with Crippen molar-refractivity contribution in [1.82, 2.24) is 0 Å². The van der Waals surface area contributed by atoms with Crippen molar-refractivity contribution in [2.75, 3.05) is 6.61 Å². The molecule has 0 amide bonds. The minimum Gasteiger partial charge on any atom is -0.465 e. The van der Waals surface area contributed by atoms with Crippen LogP contribution in [0.1, 0.15) is 12.0 Å². The number of carbonyl (C=O) groups excluding carboxylic acids is 1. The number of esters is 1. The van der Waals surface area contributed by atoms with Crippen LogP contribution in [0.25, 0.3) is 0 Å². The van der Waals surface area contributed by atoms with Crippen LogP contribution in [0.3, 0.4) is 0 Å². The molecule has 78 valence electrons. The molecule has 1 unspecified atom stereocenters. The summed E-state index contributed by atoms with van der Waals surface area (Å²) in [5.74, 6) is -0.277. The molecule has 1 aliphatic heterocycles. The minimum absolute atomic E-state index is 0.131. The number of aliphatic imine (C=N–C) groups is 1. The first-order valence-corrected chi connectivity index (χ1v) is 5.07. The van der Waals surface area contributed by atoms with Crippen molar-refractivity contribution in [2.24, 2.45) is 10.9 Å². The molecular formula is C12H13NO2. The summed E-state index contributed by atoms with van der Waals surface area (Å²) in [7, 11) is 0. The molecule has 15 heavy (non-hydrogen) atoms. The molecule has 0 aliphatic carbocycles. The van der Waals surface area contributed by atoms with Gasteiger partial charge in [0.25, 0.3) is 0 Å². The van der Waals surface area contributed by atoms with Crippen LogP contribution in [0.15, 0.2) is 35.3 Å². The third-order valence-corrected chi connectivity index (χ3v) is 2.38. The fourth-order valence-corrected chi connectivity index (χ4v) is 1.52. The number of hydrogen-bond donors (Lipinski definition) is 0. The van der Waals surface area contributed by atoms with Crippen molar-refractivity contribution in [3.8, 4) is 0 Å². The van der Waals surface area contributed by atoms with Gasteiger partial charge in [0.2, 0.25) is 0 Å². The molecule has 0 saturated carbocycles. The van der Waals surface area contributed by atoms with Crippen LogP contribution in [0.4, 0.5) is 0 Å². The Morgan fingerprint density at radius 1 is 1.40 bits per heavy atom. The Balaban J connectivity index is 1.88. The van der Waals surface area contributed by atoms with Crippen molar-refractivity contribution >= 4 is 12.2 Å². The maximum Gasteiger partial charge on any atom is 0.314 e. The van der Waals surface area contributed by atoms with Crippen LogP contribution in [-0.2, 0) is 16.1 Å². The van der Waals surface area contributed by atoms with Crippen molar-refractivity contribution < 1.29 is 9.53 Å². The Hall–Kier alpha value is -1.64. The third-order valence-electron chi connectivity index (χ3n) is 2.38. The second-order valence-electron chi connectivity index (χ2n) is 3.54. The lowest BCUT2D eigenvalue weighted by atomic mass is 10.1. The lowest BCUT2D eigenvalue weighted by molar-refractivity contribution is -0.139. The highest BCUT2D eigenvalue weighted by Crippen LogP contribution is 2.12. The molecule has 1 fully saturated rings. The van der Waals surface area contributed by atoms with Gasteiger partial charge >= 0.3 is 5.97 Å². The summed E-state index contributed by atoms with van der Waals surface area (Å²) in [6, 6.07) is 9.97. The highest BCUT2D eigenvalue weighted by atomic mass is 16.5. The van der Waals surface area contributed by atoms with Crippen molar-refractivity contribution in [2.45, 2.75) is 13.0 Å². The number of carbonyl (C=O) groups is 1. The van der Waals surface area contributed by atoms with E-state index in [4.69, 9.17) is 4.74 Å². The Kier molecular flexibility index (Phi) is 3.12. The minimum atomic E-state index is -0.146. The second kappa shape index (κ2) is 4.73. The van der Waals surface area contributed by atoms with Gasteiger partial charge in [-0.1, -0.05) is 30.3 Å². The smallest absolute Gasteiger partial charge is 0.314 e. The SMILES string of the molecule is O=C1OCCC1C=NCc1ccccc1. The highest BCUT2D eigenvalue weighted by molar-refractivity contribution is 5.91. The van der Waals surface area contributed by atoms with Crippen molar-refractivity contribution in [1.29, 1.82) is 0 Å². The number of nitrogens with zero attached hydrogens (tertiary/aromatic N) is 1. The Bertz CT molecular complexity index is 359. The first-order valence-electron chi connectivity index (χ1n) is 5.07. The predicted molar refractivity (Wildman–Crippen MR) is 57.7 cm³/mol. The quantitative estimate of drug-likeness (QED) is 0.555. The van der Waals surface area contributed by atoms with Gasteiger partial charge in [-0.3, -0.25) is 9.79 Å². The molecule has 1 heterocycles. The lowest BCUT2D eigenvalue weighted by Crippen LogP contribution is -2.08. The topological polar surface area (TPSA) is 38.7 Å². The number of hydrogen-bond acceptors (Lipinski definition) is 3. The first kappa shape index (κ1) is 9.90. The van der Waals surface area contributed by atoms with Crippen molar-refractivity contribution in [3.05, 3.63) is 35.9 Å². The molecule has 3 nitrogen and oxygen atoms in total. The standard InChI is InChI=1S/C12H13NO2/c14-12-11(6-7-15-12)9-13-8-10-4-2-1-3-5-10/h1-5,9,11H,6-8H2. The number of rotatable bonds is 3. The zero-order valence-corrected chi connectivity index (χ0v) is 8.43. The number of cyclic esters (lactones) is 1. The molecule has 1 aliphatic rings. The summed E-state index contributed by atoms with van der Waals surface area (Å²) in [6.07, 6.45) is 2.47. The fourth-order valence-electron chi connectivity index (χ4n) is 1.52. The Morgan fingerprint density at radius 3 is 2.87 bits per heavy atom. The second-order valence-corrected chi connectivity index (χ2v) is 3.54. The summed E-state index contributed by atoms with van der Waals surface area (Å²) in [5, 5.41) is 0. The van der Waals surface area contributed by atoms with Gasteiger partial charge in [-0.2, -0.15) is 0 Å². The summed E-state index contributed by atoms with van der Waals surface area (Å²) in [4.78, 5) is 15.4. The fraction of sp³-hybridized carbons (Fsp3) is 0.333. The molecule has 1 aromatic carbocycles. The maximum absolute atomic E-state index is 11.1. The zero-order chi connectivity index (χ0) is 10.5. The molecule has 0 radical (unpaired) electrons. The van der Waals surface area contributed by atoms with E-state index in [9.17, 15) is 4.79 Å². The Morgan fingerprint density at radius 2 is 2.20 bits per heavy atom. The molecule has 2 rings (SSSR count). The first-order chi connectivity index (χ1) is 7.36. The van der Waals surface area contributed by atoms with Gasteiger partial charge in [0.1, 0.15) is 0 Å². The van der Waals surface area contributed by atoms with E-state index >= 15 is 0 Å². The van der Waals surface area contributed by atoms with Gasteiger partial charge in [0, 0.05) is 6.21 Å². The van der Waals surface area contributed by atoms with Crippen LogP contribution in [0.5, 0.6) is 0 Å². The van der Waals surface area contributed by atoms with Crippen molar-refractivity contribution in [3.63, 3.8) is 0 Å². The number of benzene rings is 1. The molecule has 0 aromatic heterocycles. The van der Waals surface area contributed by atoms with E-state index in [2.05, 4.69) is 4.99 Å². The van der Waals surface area contributed by atoms with E-state index in [-0.39, 0.29) is 11.9 Å². The van der Waals surface area contributed by atoms with Crippen LogP contribution in [-0.4, -0.2) is 18.8 Å². The molecule has 0 spiro atoms. The van der Waals surface area contributed by atoms with Gasteiger partial charge < -0.3 is 4.74 Å². The average molecular weight is 203 g/mol. The molecule has 0 bridgehead atoms. The van der Waals surface area contributed by atoms with Crippen LogP contribution in [0.2, 0.25) is 0 Å². The predicted octanol–water partition coefficient (Wildman–Crippen LogP) is 1.82. The lowest BCUT2D eigenvalue weighted by Gasteiger charge is -1.97. The molecular weight excluding hydrogens is 190 g/mol. The summed E-state index contributed by atoms with van der Waals surface area (Å²) in [5.41, 5.74) is 1.15. The van der Waals surface area contributed by atoms with Gasteiger partial charge in [-0.25, -0.2) is 0 Å². The van der Waals surface area contributed by atoms with E-state index < -0.39 is 0 Å². The maximum atomic E-state index is 11.1. The van der Waals surface area contributed by atoms with Gasteiger partial charge in [0.15, 0.2) is 0 Å². The normalized spacial score (nSPS) is 20.8. The average Bonchev–Trinajstić information content (AvgIpc) is 2.66. The third kappa shape index (κ3) is 2.65. The number of ether oxygens (including phenoxy) is 1. The largest absolute Gasteiger partial charge is 0.465 e. The van der Waals surface area contributed by atoms with Crippen LogP contribution in [0, 0.1) is 5.92 Å². The highest BCUT2D eigenvalue weighted by Gasteiger charge is 2.24. The van der Waals surface area contributed by atoms with Crippen LogP contribution >= 0.6 is 0 Å². The van der Waals surface area contributed by atoms with E-state index in [1.54, 1.807) is 6.21 Å². The zero-order valence-electron chi connectivity index (χ0n) is 8.43.